The molecule has 68 valence electrons. The number of halogens is 1. The Morgan fingerprint density at radius 2 is 2.38 bits per heavy atom. The molecule has 2 N–H and O–H groups in total. The Balaban J connectivity index is 2.17. The number of nitrogens with one attached hydrogen (secondary N) is 2. The summed E-state index contributed by atoms with van der Waals surface area (Å²) in [4.78, 5) is 15.0. The fourth-order valence-electron chi connectivity index (χ4n) is 1.23. The zero-order valence-electron chi connectivity index (χ0n) is 6.75. The average Bonchev–Trinajstić information content (AvgIpc) is 2.53. The minimum Gasteiger partial charge on any atom is -0.336 e. The smallest absolute Gasteiger partial charge is 0.315 e. The van der Waals surface area contributed by atoms with Gasteiger partial charge in [-0.25, -0.2) is 4.79 Å². The van der Waals surface area contributed by atoms with Crippen molar-refractivity contribution in [2.45, 2.75) is 6.04 Å². The van der Waals surface area contributed by atoms with Gasteiger partial charge in [0.05, 0.1) is 11.7 Å². The molecular weight excluding hydrogens is 234 g/mol. The first-order chi connectivity index (χ1) is 6.25. The SMILES string of the molecule is O=C1NC[C@@H](c2ccc(Br)cn2)N1. The molecule has 4 nitrogen and oxygen atoms in total. The van der Waals surface area contributed by atoms with E-state index >= 15 is 0 Å². The Morgan fingerprint density at radius 1 is 1.54 bits per heavy atom. The minimum absolute atomic E-state index is 0.000556. The zero-order valence-corrected chi connectivity index (χ0v) is 8.34. The fourth-order valence-corrected chi connectivity index (χ4v) is 1.46. The van der Waals surface area contributed by atoms with Crippen LogP contribution in [0.3, 0.4) is 0 Å². The monoisotopic (exact) mass is 241 g/mol. The Kier molecular flexibility index (Phi) is 2.18. The highest BCUT2D eigenvalue weighted by Crippen LogP contribution is 2.15. The van der Waals surface area contributed by atoms with Gasteiger partial charge in [0.15, 0.2) is 0 Å². The molecule has 1 aliphatic rings. The normalized spacial score (nSPS) is 21.0. The van der Waals surface area contributed by atoms with Crippen LogP contribution < -0.4 is 10.6 Å². The summed E-state index contributed by atoms with van der Waals surface area (Å²) in [5.74, 6) is 0. The van der Waals surface area contributed by atoms with Gasteiger partial charge in [0.2, 0.25) is 0 Å². The quantitative estimate of drug-likeness (QED) is 0.777. The van der Waals surface area contributed by atoms with E-state index in [1.54, 1.807) is 6.20 Å². The predicted octanol–water partition coefficient (Wildman–Crippen LogP) is 1.20. The number of amides is 2. The number of hydrogen-bond acceptors (Lipinski definition) is 2. The van der Waals surface area contributed by atoms with Crippen molar-refractivity contribution < 1.29 is 4.79 Å². The lowest BCUT2D eigenvalue weighted by molar-refractivity contribution is 0.247. The minimum atomic E-state index is -0.130. The molecule has 2 amide bonds. The molecule has 0 aromatic carbocycles. The lowest BCUT2D eigenvalue weighted by Gasteiger charge is -2.06. The van der Waals surface area contributed by atoms with Gasteiger partial charge in [-0.1, -0.05) is 0 Å². The van der Waals surface area contributed by atoms with Gasteiger partial charge in [0, 0.05) is 17.2 Å². The van der Waals surface area contributed by atoms with E-state index < -0.39 is 0 Å². The summed E-state index contributed by atoms with van der Waals surface area (Å²) in [6.07, 6.45) is 1.72. The molecule has 0 spiro atoms. The van der Waals surface area contributed by atoms with E-state index in [1.165, 1.54) is 0 Å². The van der Waals surface area contributed by atoms with E-state index in [2.05, 4.69) is 31.5 Å². The molecule has 2 heterocycles. The van der Waals surface area contributed by atoms with Crippen molar-refractivity contribution >= 4 is 22.0 Å². The largest absolute Gasteiger partial charge is 0.336 e. The van der Waals surface area contributed by atoms with Gasteiger partial charge in [0.25, 0.3) is 0 Å². The molecule has 0 saturated carbocycles. The topological polar surface area (TPSA) is 54.0 Å². The number of nitrogens with zero attached hydrogens (tertiary/aromatic N) is 1. The number of aromatic nitrogens is 1. The number of pyridine rings is 1. The van der Waals surface area contributed by atoms with Crippen LogP contribution in [0.15, 0.2) is 22.8 Å². The predicted molar refractivity (Wildman–Crippen MR) is 51.2 cm³/mol. The maximum atomic E-state index is 10.8. The number of carbonyl (C=O) groups excluding carboxylic acids is 1. The van der Waals surface area contributed by atoms with Crippen molar-refractivity contribution in [2.24, 2.45) is 0 Å². The number of rotatable bonds is 1. The van der Waals surface area contributed by atoms with Crippen LogP contribution in [0.4, 0.5) is 4.79 Å². The molecule has 1 fully saturated rings. The summed E-state index contributed by atoms with van der Waals surface area (Å²) in [5.41, 5.74) is 0.876. The van der Waals surface area contributed by atoms with Crippen molar-refractivity contribution in [1.29, 1.82) is 0 Å². The van der Waals surface area contributed by atoms with Gasteiger partial charge in [-0.3, -0.25) is 4.98 Å². The Labute approximate surface area is 83.9 Å². The fraction of sp³-hybridized carbons (Fsp3) is 0.250. The standard InChI is InChI=1S/C8H8BrN3O/c9-5-1-2-6(10-3-5)7-4-11-8(13)12-7/h1-3,7H,4H2,(H2,11,12,13)/t7-/m0/s1. The number of carbonyl (C=O) groups is 1. The lowest BCUT2D eigenvalue weighted by Crippen LogP contribution is -2.22. The van der Waals surface area contributed by atoms with Gasteiger partial charge in [-0.2, -0.15) is 0 Å². The second-order valence-corrected chi connectivity index (χ2v) is 3.72. The van der Waals surface area contributed by atoms with Gasteiger partial charge < -0.3 is 10.6 Å². The molecule has 13 heavy (non-hydrogen) atoms. The van der Waals surface area contributed by atoms with E-state index in [0.717, 1.165) is 10.2 Å². The van der Waals surface area contributed by atoms with Crippen LogP contribution in [0.25, 0.3) is 0 Å². The van der Waals surface area contributed by atoms with Gasteiger partial charge in [-0.15, -0.1) is 0 Å². The van der Waals surface area contributed by atoms with E-state index in [4.69, 9.17) is 0 Å². The summed E-state index contributed by atoms with van der Waals surface area (Å²) in [7, 11) is 0. The molecule has 1 aliphatic heterocycles. The molecule has 1 atom stereocenters. The lowest BCUT2D eigenvalue weighted by atomic mass is 10.2. The highest BCUT2D eigenvalue weighted by atomic mass is 79.9. The van der Waals surface area contributed by atoms with Crippen LogP contribution in [-0.2, 0) is 0 Å². The van der Waals surface area contributed by atoms with Crippen LogP contribution in [0, 0.1) is 0 Å². The number of hydrogen-bond donors (Lipinski definition) is 2. The molecule has 2 rings (SSSR count). The van der Waals surface area contributed by atoms with Crippen LogP contribution in [0.5, 0.6) is 0 Å². The summed E-state index contributed by atoms with van der Waals surface area (Å²) in [6.45, 7) is 0.605. The van der Waals surface area contributed by atoms with Crippen molar-refractivity contribution in [2.75, 3.05) is 6.54 Å². The molecule has 0 aliphatic carbocycles. The molecule has 0 bridgehead atoms. The molecule has 1 aromatic heterocycles. The van der Waals surface area contributed by atoms with E-state index in [9.17, 15) is 4.79 Å². The second-order valence-electron chi connectivity index (χ2n) is 2.81. The first kappa shape index (κ1) is 8.50. The molecule has 1 saturated heterocycles. The number of urea groups is 1. The van der Waals surface area contributed by atoms with Crippen molar-refractivity contribution in [3.63, 3.8) is 0 Å². The summed E-state index contributed by atoms with van der Waals surface area (Å²) in [6, 6.07) is 3.67. The van der Waals surface area contributed by atoms with E-state index in [0.29, 0.717) is 6.54 Å². The summed E-state index contributed by atoms with van der Waals surface area (Å²) < 4.78 is 0.938. The first-order valence-electron chi connectivity index (χ1n) is 3.91. The van der Waals surface area contributed by atoms with Crippen LogP contribution in [0.1, 0.15) is 11.7 Å². The third-order valence-electron chi connectivity index (χ3n) is 1.88. The van der Waals surface area contributed by atoms with E-state index in [1.807, 2.05) is 12.1 Å². The third kappa shape index (κ3) is 1.80. The van der Waals surface area contributed by atoms with Crippen LogP contribution >= 0.6 is 15.9 Å². The molecule has 5 heteroatoms. The Morgan fingerprint density at radius 3 is 2.92 bits per heavy atom. The highest BCUT2D eigenvalue weighted by molar-refractivity contribution is 9.10. The third-order valence-corrected chi connectivity index (χ3v) is 2.35. The Hall–Kier alpha value is -1.10. The van der Waals surface area contributed by atoms with Crippen molar-refractivity contribution in [3.8, 4) is 0 Å². The van der Waals surface area contributed by atoms with Crippen molar-refractivity contribution in [3.05, 3.63) is 28.5 Å². The van der Waals surface area contributed by atoms with Gasteiger partial charge in [-0.05, 0) is 28.1 Å². The molecule has 0 radical (unpaired) electrons. The van der Waals surface area contributed by atoms with Gasteiger partial charge in [0.1, 0.15) is 0 Å². The van der Waals surface area contributed by atoms with Gasteiger partial charge >= 0.3 is 6.03 Å². The Bertz CT molecular complexity index is 325. The second kappa shape index (κ2) is 3.33. The highest BCUT2D eigenvalue weighted by Gasteiger charge is 2.22. The van der Waals surface area contributed by atoms with Crippen LogP contribution in [0.2, 0.25) is 0 Å². The maximum absolute atomic E-state index is 10.8. The molecule has 1 aromatic rings. The zero-order chi connectivity index (χ0) is 9.26. The molecular formula is C8H8BrN3O. The average molecular weight is 242 g/mol. The van der Waals surface area contributed by atoms with Crippen molar-refractivity contribution in [1.82, 2.24) is 15.6 Å². The molecule has 0 unspecified atom stereocenters. The maximum Gasteiger partial charge on any atom is 0.315 e. The summed E-state index contributed by atoms with van der Waals surface area (Å²) in [5, 5.41) is 5.44. The van der Waals surface area contributed by atoms with E-state index in [-0.39, 0.29) is 12.1 Å². The first-order valence-corrected chi connectivity index (χ1v) is 4.71. The van der Waals surface area contributed by atoms with Crippen LogP contribution in [-0.4, -0.2) is 17.6 Å². The summed E-state index contributed by atoms with van der Waals surface area (Å²) >= 11 is 3.30.